The summed E-state index contributed by atoms with van der Waals surface area (Å²) in [6.45, 7) is 2.11. The lowest BCUT2D eigenvalue weighted by atomic mass is 10.0. The summed E-state index contributed by atoms with van der Waals surface area (Å²) in [5, 5.41) is 13.3. The number of aliphatic carboxylic acids is 1. The van der Waals surface area contributed by atoms with Gasteiger partial charge in [0.2, 0.25) is 0 Å². The van der Waals surface area contributed by atoms with Crippen LogP contribution < -0.4 is 4.74 Å². The minimum Gasteiger partial charge on any atom is -0.496 e. The van der Waals surface area contributed by atoms with Crippen LogP contribution in [0.2, 0.25) is 0 Å². The van der Waals surface area contributed by atoms with Gasteiger partial charge in [-0.15, -0.1) is 0 Å². The van der Waals surface area contributed by atoms with E-state index in [2.05, 4.69) is 11.2 Å². The number of benzene rings is 1. The molecule has 0 amide bonds. The van der Waals surface area contributed by atoms with Crippen molar-refractivity contribution < 1.29 is 14.6 Å². The Balaban J connectivity index is 1.76. The fraction of sp³-hybridized carbons (Fsp3) is 0.375. The van der Waals surface area contributed by atoms with E-state index in [1.807, 2.05) is 34.0 Å². The van der Waals surface area contributed by atoms with Crippen molar-refractivity contribution in [2.24, 2.45) is 0 Å². The number of rotatable bonds is 6. The fourth-order valence-corrected chi connectivity index (χ4v) is 2.77. The van der Waals surface area contributed by atoms with Crippen LogP contribution >= 0.6 is 0 Å². The molecule has 3 rings (SSSR count). The molecule has 0 radical (unpaired) electrons. The summed E-state index contributed by atoms with van der Waals surface area (Å²) >= 11 is 0. The molecule has 1 unspecified atom stereocenters. The molecule has 2 heterocycles. The predicted octanol–water partition coefficient (Wildman–Crippen LogP) is 1.60. The van der Waals surface area contributed by atoms with Crippen LogP contribution in [0.3, 0.4) is 0 Å². The largest absolute Gasteiger partial charge is 0.496 e. The van der Waals surface area contributed by atoms with Gasteiger partial charge in [0.1, 0.15) is 11.8 Å². The van der Waals surface area contributed by atoms with Crippen LogP contribution in [0.5, 0.6) is 5.75 Å². The number of likely N-dealkylation sites (tertiary alicyclic amines) is 1. The van der Waals surface area contributed by atoms with E-state index in [0.29, 0.717) is 13.1 Å². The summed E-state index contributed by atoms with van der Waals surface area (Å²) in [5.74, 6) is 0.0779. The summed E-state index contributed by atoms with van der Waals surface area (Å²) in [7, 11) is 1.65. The van der Waals surface area contributed by atoms with Crippen LogP contribution in [0.4, 0.5) is 0 Å². The zero-order valence-electron chi connectivity index (χ0n) is 12.5. The molecule has 1 aromatic heterocycles. The normalized spacial score (nSPS) is 18.0. The third-order valence-corrected chi connectivity index (χ3v) is 4.04. The number of carboxylic acid groups (broad SMARTS) is 1. The Bertz CT molecular complexity index is 655. The van der Waals surface area contributed by atoms with Crippen molar-refractivity contribution >= 4 is 5.97 Å². The van der Waals surface area contributed by atoms with Crippen LogP contribution in [-0.4, -0.2) is 45.5 Å². The number of methoxy groups -OCH3 is 1. The number of carbonyl (C=O) groups is 1. The lowest BCUT2D eigenvalue weighted by molar-refractivity contribution is -0.148. The molecular weight excluding hydrogens is 282 g/mol. The Morgan fingerprint density at radius 1 is 1.45 bits per heavy atom. The van der Waals surface area contributed by atoms with E-state index in [9.17, 15) is 4.79 Å². The van der Waals surface area contributed by atoms with Crippen molar-refractivity contribution in [2.45, 2.75) is 25.6 Å². The molecule has 1 fully saturated rings. The molecule has 1 aliphatic heterocycles. The zero-order chi connectivity index (χ0) is 15.5. The summed E-state index contributed by atoms with van der Waals surface area (Å²) in [6.07, 6.45) is 4.38. The van der Waals surface area contributed by atoms with Crippen LogP contribution in [0.1, 0.15) is 17.5 Å². The third-order valence-electron chi connectivity index (χ3n) is 4.04. The maximum atomic E-state index is 11.1. The van der Waals surface area contributed by atoms with E-state index in [1.54, 1.807) is 13.3 Å². The summed E-state index contributed by atoms with van der Waals surface area (Å²) in [4.78, 5) is 13.1. The molecule has 1 aromatic carbocycles. The van der Waals surface area contributed by atoms with E-state index in [-0.39, 0.29) is 6.04 Å². The molecule has 1 atom stereocenters. The molecule has 0 bridgehead atoms. The van der Waals surface area contributed by atoms with Crippen molar-refractivity contribution in [1.29, 1.82) is 0 Å². The van der Waals surface area contributed by atoms with Gasteiger partial charge in [-0.05, 0) is 30.2 Å². The maximum absolute atomic E-state index is 11.1. The number of nitrogens with zero attached hydrogens (tertiary/aromatic N) is 3. The topological polar surface area (TPSA) is 67.6 Å². The molecule has 0 spiro atoms. The minimum absolute atomic E-state index is 0.350. The summed E-state index contributed by atoms with van der Waals surface area (Å²) < 4.78 is 7.24. The van der Waals surface area contributed by atoms with Gasteiger partial charge in [-0.2, -0.15) is 5.10 Å². The molecule has 6 heteroatoms. The Labute approximate surface area is 128 Å². The van der Waals surface area contributed by atoms with Gasteiger partial charge in [0.25, 0.3) is 0 Å². The molecular formula is C16H19N3O3. The molecule has 0 saturated carbocycles. The highest BCUT2D eigenvalue weighted by Crippen LogP contribution is 2.25. The van der Waals surface area contributed by atoms with Crippen molar-refractivity contribution in [3.8, 4) is 5.75 Å². The van der Waals surface area contributed by atoms with E-state index >= 15 is 0 Å². The Hall–Kier alpha value is -2.34. The second kappa shape index (κ2) is 6.19. The first-order valence-corrected chi connectivity index (χ1v) is 7.27. The zero-order valence-corrected chi connectivity index (χ0v) is 12.5. The summed E-state index contributed by atoms with van der Waals surface area (Å²) in [6, 6.07) is 7.52. The first-order chi connectivity index (χ1) is 10.7. The van der Waals surface area contributed by atoms with Crippen LogP contribution in [0.25, 0.3) is 0 Å². The highest BCUT2D eigenvalue weighted by atomic mass is 16.5. The van der Waals surface area contributed by atoms with Crippen LogP contribution in [0, 0.1) is 0 Å². The van der Waals surface area contributed by atoms with Crippen LogP contribution in [-0.2, 0) is 17.9 Å². The van der Waals surface area contributed by atoms with Gasteiger partial charge in [0.15, 0.2) is 0 Å². The van der Waals surface area contributed by atoms with Gasteiger partial charge in [-0.25, -0.2) is 0 Å². The first-order valence-electron chi connectivity index (χ1n) is 7.27. The van der Waals surface area contributed by atoms with Crippen molar-refractivity contribution in [3.05, 3.63) is 47.8 Å². The van der Waals surface area contributed by atoms with E-state index in [1.165, 1.54) is 0 Å². The number of hydrogen-bond donors (Lipinski definition) is 1. The molecule has 1 saturated heterocycles. The van der Waals surface area contributed by atoms with Gasteiger partial charge in [-0.3, -0.25) is 14.4 Å². The quantitative estimate of drug-likeness (QED) is 0.878. The van der Waals surface area contributed by atoms with E-state index in [0.717, 1.165) is 29.8 Å². The Morgan fingerprint density at radius 3 is 2.91 bits per heavy atom. The second-order valence-electron chi connectivity index (χ2n) is 5.46. The van der Waals surface area contributed by atoms with Gasteiger partial charge < -0.3 is 9.84 Å². The first kappa shape index (κ1) is 14.6. The molecule has 116 valence electrons. The van der Waals surface area contributed by atoms with Crippen molar-refractivity contribution in [2.75, 3.05) is 13.7 Å². The predicted molar refractivity (Wildman–Crippen MR) is 80.8 cm³/mol. The second-order valence-corrected chi connectivity index (χ2v) is 5.46. The molecule has 6 nitrogen and oxygen atoms in total. The van der Waals surface area contributed by atoms with Crippen molar-refractivity contribution in [3.63, 3.8) is 0 Å². The highest BCUT2D eigenvalue weighted by Gasteiger charge is 2.33. The highest BCUT2D eigenvalue weighted by molar-refractivity contribution is 5.74. The number of carboxylic acids is 1. The van der Waals surface area contributed by atoms with E-state index < -0.39 is 5.97 Å². The maximum Gasteiger partial charge on any atom is 0.320 e. The van der Waals surface area contributed by atoms with Gasteiger partial charge >= 0.3 is 5.97 Å². The Morgan fingerprint density at radius 2 is 2.32 bits per heavy atom. The monoisotopic (exact) mass is 301 g/mol. The molecule has 1 N–H and O–H groups in total. The Kier molecular flexibility index (Phi) is 4.11. The average molecular weight is 301 g/mol. The van der Waals surface area contributed by atoms with Crippen molar-refractivity contribution in [1.82, 2.24) is 14.7 Å². The molecule has 1 aliphatic rings. The SMILES string of the molecule is COc1ccc(CN2CCC2C(=O)O)cc1Cn1cccn1. The van der Waals surface area contributed by atoms with Gasteiger partial charge in [-0.1, -0.05) is 6.07 Å². The lowest BCUT2D eigenvalue weighted by Crippen LogP contribution is -2.51. The fourth-order valence-electron chi connectivity index (χ4n) is 2.77. The van der Waals surface area contributed by atoms with Gasteiger partial charge in [0, 0.05) is 31.0 Å². The molecule has 22 heavy (non-hydrogen) atoms. The smallest absolute Gasteiger partial charge is 0.320 e. The number of aromatic nitrogens is 2. The average Bonchev–Trinajstić information content (AvgIpc) is 2.96. The standard InChI is InChI=1S/C16H19N3O3/c1-22-15-4-3-12(10-18-8-5-14(18)16(20)21)9-13(15)11-19-7-2-6-17-19/h2-4,6-7,9,14H,5,8,10-11H2,1H3,(H,20,21). The number of hydrogen-bond acceptors (Lipinski definition) is 4. The van der Waals surface area contributed by atoms with Gasteiger partial charge in [0.05, 0.1) is 13.7 Å². The molecule has 2 aromatic rings. The van der Waals surface area contributed by atoms with E-state index in [4.69, 9.17) is 9.84 Å². The number of ether oxygens (including phenoxy) is 1. The summed E-state index contributed by atoms with van der Waals surface area (Å²) in [5.41, 5.74) is 2.13. The minimum atomic E-state index is -0.739. The third kappa shape index (κ3) is 2.96. The van der Waals surface area contributed by atoms with Crippen LogP contribution in [0.15, 0.2) is 36.7 Å². The molecule has 0 aliphatic carbocycles. The lowest BCUT2D eigenvalue weighted by Gasteiger charge is -2.38.